The number of hydrogen-bond acceptors (Lipinski definition) is 5. The number of ether oxygens (including phenoxy) is 2. The van der Waals surface area contributed by atoms with Gasteiger partial charge in [0, 0.05) is 25.7 Å². The molecule has 2 aromatic rings. The van der Waals surface area contributed by atoms with E-state index in [1.54, 1.807) is 18.2 Å². The number of carbonyl (C=O) groups is 1. The first-order valence-electron chi connectivity index (χ1n) is 7.98. The van der Waals surface area contributed by atoms with Crippen LogP contribution in [0.2, 0.25) is 0 Å². The first-order chi connectivity index (χ1) is 11.7. The summed E-state index contributed by atoms with van der Waals surface area (Å²) >= 11 is 0. The minimum atomic E-state index is -0.0959. The third-order valence-corrected chi connectivity index (χ3v) is 4.02. The van der Waals surface area contributed by atoms with Gasteiger partial charge in [0.05, 0.1) is 31.7 Å². The van der Waals surface area contributed by atoms with Crippen molar-refractivity contribution in [2.24, 2.45) is 0 Å². The second kappa shape index (κ2) is 7.40. The molecule has 0 spiro atoms. The second-order valence-electron chi connectivity index (χ2n) is 5.84. The minimum Gasteiger partial charge on any atom is -0.497 e. The Kier molecular flexibility index (Phi) is 5.05. The van der Waals surface area contributed by atoms with Crippen molar-refractivity contribution in [3.05, 3.63) is 53.6 Å². The van der Waals surface area contributed by atoms with E-state index in [0.717, 1.165) is 23.4 Å². The van der Waals surface area contributed by atoms with Crippen LogP contribution < -0.4 is 4.74 Å². The van der Waals surface area contributed by atoms with Crippen LogP contribution in [0.3, 0.4) is 0 Å². The summed E-state index contributed by atoms with van der Waals surface area (Å²) in [6.07, 6.45) is 3.85. The van der Waals surface area contributed by atoms with Gasteiger partial charge in [0.1, 0.15) is 11.4 Å². The summed E-state index contributed by atoms with van der Waals surface area (Å²) in [5, 5.41) is 0. The van der Waals surface area contributed by atoms with E-state index in [1.165, 1.54) is 6.20 Å². The molecule has 1 saturated heterocycles. The van der Waals surface area contributed by atoms with Crippen LogP contribution in [-0.4, -0.2) is 53.7 Å². The molecule has 1 atom stereocenters. The Balaban J connectivity index is 1.65. The molecule has 126 valence electrons. The maximum absolute atomic E-state index is 12.6. The van der Waals surface area contributed by atoms with Gasteiger partial charge in [-0.1, -0.05) is 12.1 Å². The number of aromatic nitrogens is 2. The molecule has 1 unspecified atom stereocenters. The van der Waals surface area contributed by atoms with Crippen molar-refractivity contribution >= 4 is 5.91 Å². The molecule has 0 radical (unpaired) electrons. The molecule has 24 heavy (non-hydrogen) atoms. The molecule has 1 aromatic heterocycles. The number of carbonyl (C=O) groups excluding carboxylic acids is 1. The molecule has 3 rings (SSSR count). The van der Waals surface area contributed by atoms with E-state index in [9.17, 15) is 4.79 Å². The van der Waals surface area contributed by atoms with Gasteiger partial charge in [-0.25, -0.2) is 4.98 Å². The largest absolute Gasteiger partial charge is 0.497 e. The highest BCUT2D eigenvalue weighted by atomic mass is 16.5. The van der Waals surface area contributed by atoms with Gasteiger partial charge in [0.25, 0.3) is 5.91 Å². The molecule has 6 nitrogen and oxygen atoms in total. The van der Waals surface area contributed by atoms with Crippen LogP contribution in [0.5, 0.6) is 5.75 Å². The highest BCUT2D eigenvalue weighted by Crippen LogP contribution is 2.17. The molecule has 0 bridgehead atoms. The summed E-state index contributed by atoms with van der Waals surface area (Å²) in [7, 11) is 1.65. The summed E-state index contributed by atoms with van der Waals surface area (Å²) in [4.78, 5) is 22.7. The van der Waals surface area contributed by atoms with E-state index in [1.807, 2.05) is 31.2 Å². The van der Waals surface area contributed by atoms with Crippen LogP contribution in [0.25, 0.3) is 0 Å². The molecule has 6 heteroatoms. The molecule has 0 aliphatic carbocycles. The van der Waals surface area contributed by atoms with Crippen molar-refractivity contribution in [2.75, 3.05) is 26.8 Å². The fourth-order valence-corrected chi connectivity index (χ4v) is 2.75. The van der Waals surface area contributed by atoms with Crippen LogP contribution in [0.15, 0.2) is 36.7 Å². The molecule has 2 heterocycles. The predicted molar refractivity (Wildman–Crippen MR) is 89.1 cm³/mol. The molecule has 1 amide bonds. The van der Waals surface area contributed by atoms with E-state index in [4.69, 9.17) is 9.47 Å². The van der Waals surface area contributed by atoms with Gasteiger partial charge in [-0.3, -0.25) is 9.78 Å². The fourth-order valence-electron chi connectivity index (χ4n) is 2.75. The minimum absolute atomic E-state index is 0.0341. The molecule has 1 aromatic carbocycles. The summed E-state index contributed by atoms with van der Waals surface area (Å²) in [5.74, 6) is 0.729. The van der Waals surface area contributed by atoms with Gasteiger partial charge in [-0.15, -0.1) is 0 Å². The van der Waals surface area contributed by atoms with Crippen LogP contribution in [-0.2, 0) is 11.2 Å². The van der Waals surface area contributed by atoms with Crippen molar-refractivity contribution in [3.8, 4) is 5.75 Å². The van der Waals surface area contributed by atoms with Crippen LogP contribution in [0, 0.1) is 6.92 Å². The lowest BCUT2D eigenvalue weighted by Gasteiger charge is -2.32. The van der Waals surface area contributed by atoms with Gasteiger partial charge in [-0.05, 0) is 24.6 Å². The maximum atomic E-state index is 12.6. The van der Waals surface area contributed by atoms with E-state index >= 15 is 0 Å². The molecule has 1 aliphatic heterocycles. The van der Waals surface area contributed by atoms with Crippen molar-refractivity contribution in [3.63, 3.8) is 0 Å². The number of methoxy groups -OCH3 is 1. The Bertz CT molecular complexity index is 703. The van der Waals surface area contributed by atoms with Crippen molar-refractivity contribution in [1.29, 1.82) is 0 Å². The first kappa shape index (κ1) is 16.4. The summed E-state index contributed by atoms with van der Waals surface area (Å²) < 4.78 is 11.1. The average Bonchev–Trinajstić information content (AvgIpc) is 2.62. The standard InChI is InChI=1S/C18H21N3O3/c1-13-10-20-17(11-19-13)18(22)21-6-7-24-16(12-21)9-14-4-3-5-15(8-14)23-2/h3-5,8,10-11,16H,6-7,9,12H2,1-2H3. The van der Waals surface area contributed by atoms with Gasteiger partial charge in [0.2, 0.25) is 0 Å². The summed E-state index contributed by atoms with van der Waals surface area (Å²) in [6.45, 7) is 3.49. The second-order valence-corrected chi connectivity index (χ2v) is 5.84. The molecule has 1 fully saturated rings. The predicted octanol–water partition coefficient (Wildman–Crippen LogP) is 1.88. The lowest BCUT2D eigenvalue weighted by atomic mass is 10.1. The summed E-state index contributed by atoms with van der Waals surface area (Å²) in [5.41, 5.74) is 2.30. The lowest BCUT2D eigenvalue weighted by Crippen LogP contribution is -2.46. The molecule has 0 saturated carbocycles. The Labute approximate surface area is 141 Å². The normalized spacial score (nSPS) is 17.6. The molecule has 1 aliphatic rings. The molecular weight excluding hydrogens is 306 g/mol. The maximum Gasteiger partial charge on any atom is 0.274 e. The van der Waals surface area contributed by atoms with Gasteiger partial charge < -0.3 is 14.4 Å². The summed E-state index contributed by atoms with van der Waals surface area (Å²) in [6, 6.07) is 7.91. The van der Waals surface area contributed by atoms with Crippen molar-refractivity contribution < 1.29 is 14.3 Å². The van der Waals surface area contributed by atoms with E-state index in [2.05, 4.69) is 9.97 Å². The number of amides is 1. The van der Waals surface area contributed by atoms with Crippen LogP contribution in [0.1, 0.15) is 21.7 Å². The van der Waals surface area contributed by atoms with Crippen LogP contribution in [0.4, 0.5) is 0 Å². The Hall–Kier alpha value is -2.47. The number of aryl methyl sites for hydroxylation is 1. The third kappa shape index (κ3) is 3.89. The van der Waals surface area contributed by atoms with E-state index < -0.39 is 0 Å². The van der Waals surface area contributed by atoms with Gasteiger partial charge in [0.15, 0.2) is 0 Å². The fraction of sp³-hybridized carbons (Fsp3) is 0.389. The van der Waals surface area contributed by atoms with E-state index in [0.29, 0.717) is 25.4 Å². The Morgan fingerprint density at radius 3 is 3.00 bits per heavy atom. The number of hydrogen-bond donors (Lipinski definition) is 0. The Morgan fingerprint density at radius 2 is 2.25 bits per heavy atom. The zero-order chi connectivity index (χ0) is 16.9. The van der Waals surface area contributed by atoms with Gasteiger partial charge >= 0.3 is 0 Å². The number of nitrogens with zero attached hydrogens (tertiary/aromatic N) is 3. The number of benzene rings is 1. The topological polar surface area (TPSA) is 64.5 Å². The zero-order valence-electron chi connectivity index (χ0n) is 13.9. The Morgan fingerprint density at radius 1 is 1.38 bits per heavy atom. The monoisotopic (exact) mass is 327 g/mol. The van der Waals surface area contributed by atoms with E-state index in [-0.39, 0.29) is 12.0 Å². The first-order valence-corrected chi connectivity index (χ1v) is 7.98. The van der Waals surface area contributed by atoms with Crippen molar-refractivity contribution in [2.45, 2.75) is 19.4 Å². The highest BCUT2D eigenvalue weighted by Gasteiger charge is 2.26. The number of rotatable bonds is 4. The third-order valence-electron chi connectivity index (χ3n) is 4.02. The number of morpholine rings is 1. The molecular formula is C18H21N3O3. The van der Waals surface area contributed by atoms with Crippen molar-refractivity contribution in [1.82, 2.24) is 14.9 Å². The highest BCUT2D eigenvalue weighted by molar-refractivity contribution is 5.92. The quantitative estimate of drug-likeness (QED) is 0.858. The smallest absolute Gasteiger partial charge is 0.274 e. The van der Waals surface area contributed by atoms with Crippen LogP contribution >= 0.6 is 0 Å². The lowest BCUT2D eigenvalue weighted by molar-refractivity contribution is -0.0210. The van der Waals surface area contributed by atoms with Gasteiger partial charge in [-0.2, -0.15) is 0 Å². The average molecular weight is 327 g/mol. The zero-order valence-corrected chi connectivity index (χ0v) is 13.9. The SMILES string of the molecule is COc1cccc(CC2CN(C(=O)c3cnc(C)cn3)CCO2)c1. The molecule has 0 N–H and O–H groups in total.